The summed E-state index contributed by atoms with van der Waals surface area (Å²) in [4.78, 5) is 6.21. The molecule has 0 atom stereocenters. The Labute approximate surface area is 169 Å². The molecule has 150 valence electrons. The summed E-state index contributed by atoms with van der Waals surface area (Å²) in [6.45, 7) is 5.08. The highest BCUT2D eigenvalue weighted by Crippen LogP contribution is 2.27. The van der Waals surface area contributed by atoms with Crippen LogP contribution in [0, 0.1) is 0 Å². The molecular formula is C25H33FN2. The van der Waals surface area contributed by atoms with Gasteiger partial charge in [-0.15, -0.1) is 0 Å². The van der Waals surface area contributed by atoms with Crippen molar-refractivity contribution in [1.29, 1.82) is 0 Å². The van der Waals surface area contributed by atoms with Crippen molar-refractivity contribution in [2.75, 3.05) is 14.1 Å². The number of aryl methyl sites for hydroxylation is 2. The summed E-state index contributed by atoms with van der Waals surface area (Å²) in [7, 11) is 3.99. The molecular weight excluding hydrogens is 347 g/mol. The van der Waals surface area contributed by atoms with E-state index in [0.717, 1.165) is 36.9 Å². The summed E-state index contributed by atoms with van der Waals surface area (Å²) in [6, 6.07) is 12.8. The molecule has 0 aliphatic rings. The molecule has 1 aromatic heterocycles. The molecule has 0 spiro atoms. The lowest BCUT2D eigenvalue weighted by atomic mass is 9.96. The molecule has 0 bridgehead atoms. The van der Waals surface area contributed by atoms with Crippen LogP contribution >= 0.6 is 0 Å². The third-order valence-corrected chi connectivity index (χ3v) is 4.92. The summed E-state index contributed by atoms with van der Waals surface area (Å²) >= 11 is 0. The number of aromatic nitrogens is 1. The van der Waals surface area contributed by atoms with E-state index in [4.69, 9.17) is 0 Å². The summed E-state index contributed by atoms with van der Waals surface area (Å²) < 4.78 is 14.4. The number of halogens is 1. The van der Waals surface area contributed by atoms with Crippen LogP contribution in [0.15, 0.2) is 66.5 Å². The molecule has 0 saturated heterocycles. The summed E-state index contributed by atoms with van der Waals surface area (Å²) in [6.07, 6.45) is 12.0. The van der Waals surface area contributed by atoms with E-state index in [-0.39, 0.29) is 0 Å². The lowest BCUT2D eigenvalue weighted by Gasteiger charge is -2.22. The maximum atomic E-state index is 14.4. The summed E-state index contributed by atoms with van der Waals surface area (Å²) in [5, 5.41) is 0. The van der Waals surface area contributed by atoms with Crippen LogP contribution in [0.1, 0.15) is 50.3 Å². The predicted molar refractivity (Wildman–Crippen MR) is 118 cm³/mol. The average Bonchev–Trinajstić information content (AvgIpc) is 2.66. The normalized spacial score (nSPS) is 12.9. The number of alkyl halides is 1. The second kappa shape index (κ2) is 10.2. The number of hydrogen-bond donors (Lipinski definition) is 0. The van der Waals surface area contributed by atoms with Gasteiger partial charge in [0.25, 0.3) is 0 Å². The van der Waals surface area contributed by atoms with Crippen molar-refractivity contribution in [2.24, 2.45) is 0 Å². The SMILES string of the molecule is CC=C(/C=C(/c1ccc(CCCCc2cccnc2)cc1)N(C)C)C(C)(C)F. The number of allylic oxidation sites excluding steroid dienone is 3. The maximum Gasteiger partial charge on any atom is 0.130 e. The lowest BCUT2D eigenvalue weighted by molar-refractivity contribution is 0.273. The number of pyridine rings is 1. The van der Waals surface area contributed by atoms with Gasteiger partial charge in [-0.25, -0.2) is 4.39 Å². The Bertz CT molecular complexity index is 782. The molecule has 0 saturated carbocycles. The topological polar surface area (TPSA) is 16.1 Å². The molecule has 0 N–H and O–H groups in total. The zero-order valence-electron chi connectivity index (χ0n) is 17.9. The number of benzene rings is 1. The van der Waals surface area contributed by atoms with Gasteiger partial charge in [0.15, 0.2) is 0 Å². The summed E-state index contributed by atoms with van der Waals surface area (Å²) in [5.41, 5.74) is 4.09. The van der Waals surface area contributed by atoms with Crippen molar-refractivity contribution in [3.05, 3.63) is 83.2 Å². The second-order valence-corrected chi connectivity index (χ2v) is 7.91. The Hall–Kier alpha value is -2.42. The van der Waals surface area contributed by atoms with Gasteiger partial charge in [-0.1, -0.05) is 36.4 Å². The van der Waals surface area contributed by atoms with Crippen molar-refractivity contribution in [3.8, 4) is 0 Å². The first-order valence-electron chi connectivity index (χ1n) is 10.0. The Morgan fingerprint density at radius 2 is 1.68 bits per heavy atom. The zero-order chi connectivity index (χ0) is 20.6. The standard InChI is InChI=1S/C25H33FN2/c1-6-23(25(2,3)26)18-24(28(4)5)22-15-13-20(14-16-22)10-7-8-11-21-12-9-17-27-19-21/h6,9,12-19H,7-8,10-11H2,1-5H3/b23-6?,24-18-. The maximum absolute atomic E-state index is 14.4. The number of hydrogen-bond acceptors (Lipinski definition) is 2. The smallest absolute Gasteiger partial charge is 0.130 e. The van der Waals surface area contributed by atoms with Gasteiger partial charge in [-0.3, -0.25) is 4.98 Å². The quantitative estimate of drug-likeness (QED) is 0.378. The van der Waals surface area contributed by atoms with Gasteiger partial charge in [0.1, 0.15) is 5.67 Å². The fourth-order valence-electron chi connectivity index (χ4n) is 3.26. The van der Waals surface area contributed by atoms with Gasteiger partial charge in [0, 0.05) is 32.2 Å². The van der Waals surface area contributed by atoms with Crippen molar-refractivity contribution in [3.63, 3.8) is 0 Å². The van der Waals surface area contributed by atoms with Crippen LogP contribution in [0.4, 0.5) is 4.39 Å². The molecule has 1 heterocycles. The Balaban J connectivity index is 2.01. The number of nitrogens with zero attached hydrogens (tertiary/aromatic N) is 2. The van der Waals surface area contributed by atoms with Gasteiger partial charge in [-0.2, -0.15) is 0 Å². The molecule has 0 unspecified atom stereocenters. The first kappa shape index (κ1) is 21.9. The van der Waals surface area contributed by atoms with Gasteiger partial charge in [0.2, 0.25) is 0 Å². The van der Waals surface area contributed by atoms with Gasteiger partial charge in [0.05, 0.1) is 0 Å². The molecule has 0 fully saturated rings. The minimum atomic E-state index is -1.36. The molecule has 0 radical (unpaired) electrons. The van der Waals surface area contributed by atoms with E-state index in [9.17, 15) is 4.39 Å². The van der Waals surface area contributed by atoms with Gasteiger partial charge >= 0.3 is 0 Å². The van der Waals surface area contributed by atoms with Gasteiger partial charge in [-0.05, 0) is 80.9 Å². The molecule has 28 heavy (non-hydrogen) atoms. The number of unbranched alkanes of at least 4 members (excludes halogenated alkanes) is 1. The minimum absolute atomic E-state index is 0.690. The predicted octanol–water partition coefficient (Wildman–Crippen LogP) is 6.24. The van der Waals surface area contributed by atoms with E-state index in [1.165, 1.54) is 11.1 Å². The van der Waals surface area contributed by atoms with Crippen LogP contribution in [0.2, 0.25) is 0 Å². The molecule has 3 heteroatoms. The molecule has 0 amide bonds. The first-order chi connectivity index (χ1) is 13.3. The van der Waals surface area contributed by atoms with Crippen molar-refractivity contribution < 1.29 is 4.39 Å². The third-order valence-electron chi connectivity index (χ3n) is 4.92. The zero-order valence-corrected chi connectivity index (χ0v) is 17.9. The Kier molecular flexibility index (Phi) is 7.98. The monoisotopic (exact) mass is 380 g/mol. The van der Waals surface area contributed by atoms with Crippen LogP contribution in [-0.2, 0) is 12.8 Å². The average molecular weight is 381 g/mol. The fourth-order valence-corrected chi connectivity index (χ4v) is 3.26. The first-order valence-corrected chi connectivity index (χ1v) is 10.0. The van der Waals surface area contributed by atoms with Gasteiger partial charge < -0.3 is 4.90 Å². The Morgan fingerprint density at radius 3 is 2.18 bits per heavy atom. The van der Waals surface area contributed by atoms with E-state index >= 15 is 0 Å². The van der Waals surface area contributed by atoms with Crippen molar-refractivity contribution in [2.45, 2.75) is 52.1 Å². The van der Waals surface area contributed by atoms with Crippen LogP contribution in [0.3, 0.4) is 0 Å². The fraction of sp³-hybridized carbons (Fsp3) is 0.400. The molecule has 2 nitrogen and oxygen atoms in total. The van der Waals surface area contributed by atoms with Crippen LogP contribution < -0.4 is 0 Å². The highest BCUT2D eigenvalue weighted by atomic mass is 19.1. The van der Waals surface area contributed by atoms with Crippen molar-refractivity contribution in [1.82, 2.24) is 9.88 Å². The van der Waals surface area contributed by atoms with E-state index in [0.29, 0.717) is 5.57 Å². The minimum Gasteiger partial charge on any atom is -0.377 e. The third kappa shape index (κ3) is 6.63. The molecule has 1 aromatic carbocycles. The largest absolute Gasteiger partial charge is 0.377 e. The molecule has 0 aliphatic heterocycles. The van der Waals surface area contributed by atoms with Crippen molar-refractivity contribution >= 4 is 5.70 Å². The molecule has 0 aliphatic carbocycles. The number of rotatable bonds is 9. The molecule has 2 aromatic rings. The van der Waals surface area contributed by atoms with E-state index in [2.05, 4.69) is 35.3 Å². The van der Waals surface area contributed by atoms with Crippen LogP contribution in [-0.4, -0.2) is 29.6 Å². The van der Waals surface area contributed by atoms with E-state index in [1.54, 1.807) is 13.8 Å². The van der Waals surface area contributed by atoms with Crippen LogP contribution in [0.25, 0.3) is 5.70 Å². The van der Waals surface area contributed by atoms with E-state index in [1.807, 2.05) is 56.5 Å². The summed E-state index contributed by atoms with van der Waals surface area (Å²) in [5.74, 6) is 0. The van der Waals surface area contributed by atoms with E-state index < -0.39 is 5.67 Å². The highest BCUT2D eigenvalue weighted by molar-refractivity contribution is 5.67. The molecule has 2 rings (SSSR count). The Morgan fingerprint density at radius 1 is 1.04 bits per heavy atom. The highest BCUT2D eigenvalue weighted by Gasteiger charge is 2.20. The van der Waals surface area contributed by atoms with Crippen LogP contribution in [0.5, 0.6) is 0 Å². The second-order valence-electron chi connectivity index (χ2n) is 7.91. The lowest BCUT2D eigenvalue weighted by Crippen LogP contribution is -2.17.